The van der Waals surface area contributed by atoms with E-state index in [0.29, 0.717) is 5.56 Å². The minimum atomic E-state index is -0.885. The fraction of sp³-hybridized carbons (Fsp3) is 0.480. The van der Waals surface area contributed by atoms with Gasteiger partial charge in [-0.1, -0.05) is 47.1 Å². The van der Waals surface area contributed by atoms with Crippen LogP contribution in [-0.2, 0) is 10.8 Å². The highest BCUT2D eigenvalue weighted by Crippen LogP contribution is 2.47. The number of carboxylic acid groups (broad SMARTS) is 1. The predicted molar refractivity (Wildman–Crippen MR) is 117 cm³/mol. The molecule has 0 saturated carbocycles. The summed E-state index contributed by atoms with van der Waals surface area (Å²) in [5.41, 5.74) is 5.86. The first kappa shape index (κ1) is 20.4. The van der Waals surface area contributed by atoms with E-state index in [1.807, 2.05) is 12.1 Å². The fourth-order valence-corrected chi connectivity index (χ4v) is 4.25. The van der Waals surface area contributed by atoms with Gasteiger partial charge in [0, 0.05) is 17.9 Å². The molecule has 0 saturated heterocycles. The zero-order chi connectivity index (χ0) is 20.5. The zero-order valence-corrected chi connectivity index (χ0v) is 17.9. The van der Waals surface area contributed by atoms with E-state index in [4.69, 9.17) is 0 Å². The van der Waals surface area contributed by atoms with Crippen molar-refractivity contribution >= 4 is 17.3 Å². The molecule has 3 rings (SSSR count). The Kier molecular flexibility index (Phi) is 5.56. The summed E-state index contributed by atoms with van der Waals surface area (Å²) in [5, 5.41) is 9.20. The van der Waals surface area contributed by atoms with Gasteiger partial charge >= 0.3 is 5.97 Å². The molecule has 1 N–H and O–H groups in total. The lowest BCUT2D eigenvalue weighted by atomic mass is 9.63. The number of carboxylic acids is 1. The van der Waals surface area contributed by atoms with Crippen LogP contribution in [0.3, 0.4) is 0 Å². The number of carbonyl (C=O) groups is 1. The van der Waals surface area contributed by atoms with Gasteiger partial charge in [-0.2, -0.15) is 0 Å². The van der Waals surface area contributed by atoms with Crippen LogP contribution in [0, 0.1) is 0 Å². The highest BCUT2D eigenvalue weighted by atomic mass is 16.4. The molecule has 1 aliphatic rings. The molecule has 28 heavy (non-hydrogen) atoms. The summed E-state index contributed by atoms with van der Waals surface area (Å²) in [4.78, 5) is 13.5. The van der Waals surface area contributed by atoms with Gasteiger partial charge < -0.3 is 10.0 Å². The number of rotatable bonds is 6. The van der Waals surface area contributed by atoms with Crippen LogP contribution in [0.15, 0.2) is 42.5 Å². The maximum absolute atomic E-state index is 11.2. The molecule has 3 nitrogen and oxygen atoms in total. The minimum absolute atomic E-state index is 0.171. The van der Waals surface area contributed by atoms with Crippen LogP contribution in [0.1, 0.15) is 81.8 Å². The van der Waals surface area contributed by atoms with Crippen LogP contribution in [0.5, 0.6) is 0 Å². The molecule has 1 aliphatic carbocycles. The highest BCUT2D eigenvalue weighted by Gasteiger charge is 2.37. The topological polar surface area (TPSA) is 40.5 Å². The lowest BCUT2D eigenvalue weighted by Gasteiger charge is -2.42. The van der Waals surface area contributed by atoms with Crippen molar-refractivity contribution < 1.29 is 9.90 Å². The maximum Gasteiger partial charge on any atom is 0.335 e. The highest BCUT2D eigenvalue weighted by molar-refractivity contribution is 5.88. The van der Waals surface area contributed by atoms with E-state index in [2.05, 4.69) is 57.7 Å². The first-order chi connectivity index (χ1) is 13.2. The SMILES string of the molecule is CCCCN(c1ccc(C(=O)O)cc1)c1ccc2c(c1)C(C)(C)CCC2(C)C. The van der Waals surface area contributed by atoms with Crippen LogP contribution >= 0.6 is 0 Å². The maximum atomic E-state index is 11.2. The van der Waals surface area contributed by atoms with Gasteiger partial charge in [-0.25, -0.2) is 4.79 Å². The molecule has 150 valence electrons. The number of benzene rings is 2. The van der Waals surface area contributed by atoms with Crippen molar-refractivity contribution in [3.05, 3.63) is 59.2 Å². The quantitative estimate of drug-likeness (QED) is 0.609. The Labute approximate surface area is 169 Å². The summed E-state index contributed by atoms with van der Waals surface area (Å²) in [6, 6.07) is 14.2. The molecule has 0 aliphatic heterocycles. The van der Waals surface area contributed by atoms with Gasteiger partial charge in [0.05, 0.1) is 5.56 Å². The molecular formula is C25H33NO2. The Morgan fingerprint density at radius 3 is 2.07 bits per heavy atom. The van der Waals surface area contributed by atoms with Crippen LogP contribution in [0.4, 0.5) is 11.4 Å². The van der Waals surface area contributed by atoms with E-state index in [-0.39, 0.29) is 10.8 Å². The van der Waals surface area contributed by atoms with E-state index < -0.39 is 5.97 Å². The largest absolute Gasteiger partial charge is 0.478 e. The van der Waals surface area contributed by atoms with Gasteiger partial charge in [0.1, 0.15) is 0 Å². The lowest BCUT2D eigenvalue weighted by Crippen LogP contribution is -2.34. The summed E-state index contributed by atoms with van der Waals surface area (Å²) in [6.45, 7) is 12.5. The Morgan fingerprint density at radius 1 is 0.929 bits per heavy atom. The number of hydrogen-bond acceptors (Lipinski definition) is 2. The van der Waals surface area contributed by atoms with Gasteiger partial charge in [0.15, 0.2) is 0 Å². The Hall–Kier alpha value is -2.29. The van der Waals surface area contributed by atoms with Crippen molar-refractivity contribution in [3.8, 4) is 0 Å². The minimum Gasteiger partial charge on any atom is -0.478 e. The van der Waals surface area contributed by atoms with Crippen molar-refractivity contribution in [2.45, 2.75) is 71.1 Å². The third-order valence-corrected chi connectivity index (χ3v) is 6.31. The van der Waals surface area contributed by atoms with Crippen molar-refractivity contribution in [2.24, 2.45) is 0 Å². The molecule has 0 atom stereocenters. The molecule has 0 spiro atoms. The van der Waals surface area contributed by atoms with E-state index in [9.17, 15) is 9.90 Å². The van der Waals surface area contributed by atoms with Gasteiger partial charge in [-0.15, -0.1) is 0 Å². The monoisotopic (exact) mass is 379 g/mol. The lowest BCUT2D eigenvalue weighted by molar-refractivity contribution is 0.0697. The summed E-state index contributed by atoms with van der Waals surface area (Å²) < 4.78 is 0. The van der Waals surface area contributed by atoms with Gasteiger partial charge in [-0.05, 0) is 77.6 Å². The van der Waals surface area contributed by atoms with Crippen LogP contribution in [0.25, 0.3) is 0 Å². The number of unbranched alkanes of at least 4 members (excludes halogenated alkanes) is 1. The first-order valence-electron chi connectivity index (χ1n) is 10.4. The standard InChI is InChI=1S/C25H33NO2/c1-6-7-16-26(19-10-8-18(9-11-19)23(27)28)20-12-13-21-22(17-20)25(4,5)15-14-24(21,2)3/h8-13,17H,6-7,14-16H2,1-5H3,(H,27,28). The number of hydrogen-bond donors (Lipinski definition) is 1. The van der Waals surface area contributed by atoms with Gasteiger partial charge in [0.25, 0.3) is 0 Å². The van der Waals surface area contributed by atoms with Crippen molar-refractivity contribution in [3.63, 3.8) is 0 Å². The zero-order valence-electron chi connectivity index (χ0n) is 17.9. The smallest absolute Gasteiger partial charge is 0.335 e. The van der Waals surface area contributed by atoms with Crippen molar-refractivity contribution in [1.29, 1.82) is 0 Å². The molecule has 0 heterocycles. The third kappa shape index (κ3) is 3.94. The normalized spacial score (nSPS) is 17.0. The summed E-state index contributed by atoms with van der Waals surface area (Å²) >= 11 is 0. The van der Waals surface area contributed by atoms with E-state index in [1.54, 1.807) is 12.1 Å². The molecule has 0 bridgehead atoms. The molecule has 2 aromatic rings. The number of nitrogens with zero attached hydrogens (tertiary/aromatic N) is 1. The first-order valence-corrected chi connectivity index (χ1v) is 10.4. The molecule has 0 aromatic heterocycles. The van der Waals surface area contributed by atoms with Crippen LogP contribution in [-0.4, -0.2) is 17.6 Å². The predicted octanol–water partition coefficient (Wildman–Crippen LogP) is 6.67. The number of aromatic carboxylic acids is 1. The molecule has 2 aromatic carbocycles. The number of fused-ring (bicyclic) bond motifs is 1. The molecule has 0 unspecified atom stereocenters. The Morgan fingerprint density at radius 2 is 1.50 bits per heavy atom. The van der Waals surface area contributed by atoms with Gasteiger partial charge in [0.2, 0.25) is 0 Å². The molecule has 3 heteroatoms. The van der Waals surface area contributed by atoms with Crippen LogP contribution < -0.4 is 4.90 Å². The molecule has 0 fully saturated rings. The van der Waals surface area contributed by atoms with Crippen LogP contribution in [0.2, 0.25) is 0 Å². The second kappa shape index (κ2) is 7.62. The number of anilines is 2. The molecule has 0 radical (unpaired) electrons. The molecular weight excluding hydrogens is 346 g/mol. The van der Waals surface area contributed by atoms with Crippen molar-refractivity contribution in [2.75, 3.05) is 11.4 Å². The summed E-state index contributed by atoms with van der Waals surface area (Å²) in [6.07, 6.45) is 4.61. The summed E-state index contributed by atoms with van der Waals surface area (Å²) in [5.74, 6) is -0.885. The van der Waals surface area contributed by atoms with Crippen molar-refractivity contribution in [1.82, 2.24) is 0 Å². The third-order valence-electron chi connectivity index (χ3n) is 6.31. The van der Waals surface area contributed by atoms with E-state index in [0.717, 1.165) is 25.1 Å². The van der Waals surface area contributed by atoms with Gasteiger partial charge in [-0.3, -0.25) is 0 Å². The summed E-state index contributed by atoms with van der Waals surface area (Å²) in [7, 11) is 0. The second-order valence-electron chi connectivity index (χ2n) is 9.35. The van der Waals surface area contributed by atoms with E-state index >= 15 is 0 Å². The average molecular weight is 380 g/mol. The second-order valence-corrected chi connectivity index (χ2v) is 9.35. The Bertz CT molecular complexity index is 849. The van der Waals surface area contributed by atoms with E-state index in [1.165, 1.54) is 29.7 Å². The molecule has 0 amide bonds. The fourth-order valence-electron chi connectivity index (χ4n) is 4.25. The Balaban J connectivity index is 2.05. The average Bonchev–Trinajstić information content (AvgIpc) is 2.66.